The molecule has 0 radical (unpaired) electrons. The molecule has 0 bridgehead atoms. The highest BCUT2D eigenvalue weighted by Crippen LogP contribution is 2.53. The number of hydrogen-bond donors (Lipinski definition) is 0. The summed E-state index contributed by atoms with van der Waals surface area (Å²) in [5, 5.41) is 0. The van der Waals surface area contributed by atoms with E-state index in [1.165, 1.54) is 190 Å². The van der Waals surface area contributed by atoms with Crippen molar-refractivity contribution in [2.45, 2.75) is 178 Å². The summed E-state index contributed by atoms with van der Waals surface area (Å²) in [5.41, 5.74) is 45.1. The summed E-state index contributed by atoms with van der Waals surface area (Å²) in [6.07, 6.45) is 13.3. The van der Waals surface area contributed by atoms with Crippen LogP contribution in [0.3, 0.4) is 0 Å². The summed E-state index contributed by atoms with van der Waals surface area (Å²) < 4.78 is 0. The number of anilines is 10. The van der Waals surface area contributed by atoms with Gasteiger partial charge in [-0.25, -0.2) is 0 Å². The van der Waals surface area contributed by atoms with Crippen LogP contribution in [-0.2, 0) is 5.41 Å². The first-order valence-electron chi connectivity index (χ1n) is 36.8. The van der Waals surface area contributed by atoms with Crippen LogP contribution in [0.25, 0.3) is 0 Å². The largest absolute Gasteiger partial charge is 0.310 e. The highest BCUT2D eigenvalue weighted by atomic mass is 15.2. The molecule has 2 aliphatic carbocycles. The van der Waals surface area contributed by atoms with Crippen molar-refractivity contribution in [2.24, 2.45) is 17.8 Å². The van der Waals surface area contributed by atoms with E-state index in [4.69, 9.17) is 0 Å². The second-order valence-electron chi connectivity index (χ2n) is 30.8. The average molecular weight is 1330 g/mol. The Balaban J connectivity index is 1.15. The molecule has 0 amide bonds. The molecule has 516 valence electrons. The minimum Gasteiger partial charge on any atom is -0.310 e. The zero-order chi connectivity index (χ0) is 72.5. The van der Waals surface area contributed by atoms with Gasteiger partial charge >= 0.3 is 0 Å². The summed E-state index contributed by atoms with van der Waals surface area (Å²) in [4.78, 5) is 10.1. The third-order valence-corrected chi connectivity index (χ3v) is 23.4. The molecule has 4 heteroatoms. The molecule has 101 heavy (non-hydrogen) atoms. The van der Waals surface area contributed by atoms with E-state index >= 15 is 0 Å². The fourth-order valence-corrected chi connectivity index (χ4v) is 16.2. The second-order valence-corrected chi connectivity index (χ2v) is 30.8. The van der Waals surface area contributed by atoms with Crippen LogP contribution in [0.5, 0.6) is 0 Å². The Kier molecular flexibility index (Phi) is 19.8. The Morgan fingerprint density at radius 3 is 0.772 bits per heavy atom. The molecule has 0 aromatic heterocycles. The normalized spacial score (nSPS) is 15.3. The summed E-state index contributed by atoms with van der Waals surface area (Å²) in [5.74, 6) is 0.740. The fourth-order valence-electron chi connectivity index (χ4n) is 16.2. The maximum Gasteiger partial charge on any atom is 0.0516 e. The lowest BCUT2D eigenvalue weighted by Crippen LogP contribution is -2.38. The Hall–Kier alpha value is -9.64. The van der Waals surface area contributed by atoms with Crippen molar-refractivity contribution in [2.75, 3.05) is 19.6 Å². The van der Waals surface area contributed by atoms with Crippen LogP contribution in [0, 0.1) is 163 Å². The Bertz CT molecular complexity index is 4690. The van der Waals surface area contributed by atoms with Gasteiger partial charge in [0.2, 0.25) is 0 Å². The minimum atomic E-state index is -0.758. The Labute approximate surface area is 607 Å². The smallest absolute Gasteiger partial charge is 0.0516 e. The van der Waals surface area contributed by atoms with Crippen LogP contribution in [0.4, 0.5) is 56.9 Å². The van der Waals surface area contributed by atoms with Crippen molar-refractivity contribution in [1.82, 2.24) is 0 Å². The van der Waals surface area contributed by atoms with Crippen molar-refractivity contribution in [3.63, 3.8) is 0 Å². The predicted molar refractivity (Wildman–Crippen MR) is 437 cm³/mol. The summed E-state index contributed by atoms with van der Waals surface area (Å²) in [6.45, 7) is 54.4. The van der Waals surface area contributed by atoms with Crippen LogP contribution >= 0.6 is 0 Å². The molecule has 3 atom stereocenters. The summed E-state index contributed by atoms with van der Waals surface area (Å²) >= 11 is 0. The van der Waals surface area contributed by atoms with Crippen molar-refractivity contribution in [3.8, 4) is 0 Å². The summed E-state index contributed by atoms with van der Waals surface area (Å²) in [7, 11) is 0. The number of rotatable bonds is 16. The SMILES string of the molecule is CC1=CC(C)C(C)C=C1N(c1ccc(C(c2ccc(N(c3cc(C)c(C)cc3C)c3cc(C)c(C)cc3C)cc2)(c2ccc(N(c3cc(C)c(C)cc3C)c3cc(C)c(C)cc3C)cc2)C2C=CC(N(c3cc(C)c(C)cc3C)c3cc(C)c(C)cc3C)=CC2)cc1)c1cc(C)c(C)cc1C. The van der Waals surface area contributed by atoms with Crippen LogP contribution in [0.1, 0.15) is 161 Å². The van der Waals surface area contributed by atoms with Crippen LogP contribution in [0.2, 0.25) is 0 Å². The zero-order valence-electron chi connectivity index (χ0n) is 65.1. The molecule has 10 aromatic rings. The van der Waals surface area contributed by atoms with Crippen LogP contribution < -0.4 is 19.6 Å². The molecule has 0 saturated carbocycles. The van der Waals surface area contributed by atoms with Gasteiger partial charge in [0.25, 0.3) is 0 Å². The molecule has 3 unspecified atom stereocenters. The molecule has 0 aliphatic heterocycles. The second kappa shape index (κ2) is 28.1. The highest BCUT2D eigenvalue weighted by Gasteiger charge is 2.44. The van der Waals surface area contributed by atoms with Gasteiger partial charge in [0.05, 0.1) is 5.41 Å². The van der Waals surface area contributed by atoms with Gasteiger partial charge in [-0.1, -0.05) is 117 Å². The van der Waals surface area contributed by atoms with Gasteiger partial charge in [-0.3, -0.25) is 0 Å². The third kappa shape index (κ3) is 13.3. The summed E-state index contributed by atoms with van der Waals surface area (Å²) in [6, 6.07) is 62.7. The van der Waals surface area contributed by atoms with Gasteiger partial charge in [-0.05, 0) is 401 Å². The number of aryl methyl sites for hydroxylation is 21. The number of nitrogens with zero attached hydrogens (tertiary/aromatic N) is 4. The molecule has 0 spiro atoms. The maximum absolute atomic E-state index is 2.57. The topological polar surface area (TPSA) is 13.0 Å². The van der Waals surface area contributed by atoms with Crippen molar-refractivity contribution < 1.29 is 0 Å². The first kappa shape index (κ1) is 71.2. The predicted octanol–water partition coefficient (Wildman–Crippen LogP) is 27.0. The third-order valence-electron chi connectivity index (χ3n) is 23.4. The molecule has 0 fully saturated rings. The molecule has 0 N–H and O–H groups in total. The number of hydrogen-bond acceptors (Lipinski definition) is 4. The first-order chi connectivity index (χ1) is 47.9. The van der Waals surface area contributed by atoms with Gasteiger partial charge in [-0.15, -0.1) is 0 Å². The number of benzene rings is 10. The van der Waals surface area contributed by atoms with Crippen LogP contribution in [0.15, 0.2) is 205 Å². The Morgan fingerprint density at radius 2 is 0.505 bits per heavy atom. The minimum absolute atomic E-state index is 0.0656. The molecule has 10 aromatic carbocycles. The van der Waals surface area contributed by atoms with Crippen molar-refractivity contribution in [1.29, 1.82) is 0 Å². The molecule has 0 heterocycles. The zero-order valence-corrected chi connectivity index (χ0v) is 65.1. The highest BCUT2D eigenvalue weighted by molar-refractivity contribution is 5.85. The van der Waals surface area contributed by atoms with E-state index in [0.717, 1.165) is 23.5 Å². The van der Waals surface area contributed by atoms with Gasteiger partial charge in [0.1, 0.15) is 0 Å². The van der Waals surface area contributed by atoms with Gasteiger partial charge < -0.3 is 19.6 Å². The van der Waals surface area contributed by atoms with E-state index < -0.39 is 5.41 Å². The van der Waals surface area contributed by atoms with Crippen molar-refractivity contribution in [3.05, 3.63) is 339 Å². The molecule has 4 nitrogen and oxygen atoms in total. The lowest BCUT2D eigenvalue weighted by atomic mass is 9.60. The van der Waals surface area contributed by atoms with E-state index in [2.05, 4.69) is 374 Å². The molecule has 0 saturated heterocycles. The molecular formula is C97H108N4. The lowest BCUT2D eigenvalue weighted by Gasteiger charge is -2.44. The van der Waals surface area contributed by atoms with Crippen LogP contribution in [-0.4, -0.2) is 0 Å². The van der Waals surface area contributed by atoms with E-state index in [1.807, 2.05) is 0 Å². The lowest BCUT2D eigenvalue weighted by molar-refractivity contribution is 0.446. The van der Waals surface area contributed by atoms with E-state index in [9.17, 15) is 0 Å². The molecule has 12 rings (SSSR count). The van der Waals surface area contributed by atoms with E-state index in [1.54, 1.807) is 0 Å². The maximum atomic E-state index is 2.57. The first-order valence-corrected chi connectivity index (χ1v) is 36.8. The average Bonchev–Trinajstić information content (AvgIpc) is 0.722. The van der Waals surface area contributed by atoms with E-state index in [0.29, 0.717) is 11.8 Å². The van der Waals surface area contributed by atoms with Gasteiger partial charge in [0, 0.05) is 68.3 Å². The number of allylic oxidation sites excluding steroid dienone is 6. The fraction of sp³-hybridized carbons (Fsp3) is 0.299. The quantitative estimate of drug-likeness (QED) is 0.0894. The van der Waals surface area contributed by atoms with Gasteiger partial charge in [-0.2, -0.15) is 0 Å². The Morgan fingerprint density at radius 1 is 0.267 bits per heavy atom. The standard InChI is InChI=1S/C97H108N4/c1-57-41-73(17)89(49-65(57)9)98(90-50-66(10)58(2)42-74(90)18)85-33-25-81(26-34-85)97(82-27-35-86(36-28-82)99(91-51-67(11)59(3)43-75(91)19)92-52-68(12)60(4)44-76(92)20,83-29-37-87(38-30-83)100(93-53-69(13)61(5)45-77(93)21)94-54-70(14)62(6)46-78(94)22)84-31-39-88(40-32-84)101(95-55-71(15)63(7)47-79(95)23)96-56-72(16)64(8)48-80(96)24/h25-31,33-57,65,84H,32H2,1-24H3. The van der Waals surface area contributed by atoms with Gasteiger partial charge in [0.15, 0.2) is 0 Å². The monoisotopic (exact) mass is 1330 g/mol. The van der Waals surface area contributed by atoms with Crippen molar-refractivity contribution >= 4 is 56.9 Å². The molecule has 2 aliphatic rings. The molecular weight excluding hydrogens is 1220 g/mol. The van der Waals surface area contributed by atoms with E-state index in [-0.39, 0.29) is 5.92 Å².